The van der Waals surface area contributed by atoms with E-state index in [-0.39, 0.29) is 16.9 Å². The van der Waals surface area contributed by atoms with Crippen LogP contribution in [0.3, 0.4) is 0 Å². The monoisotopic (exact) mass is 369 g/mol. The highest BCUT2D eigenvalue weighted by atomic mass is 16.5. The third-order valence-electron chi connectivity index (χ3n) is 4.65. The van der Waals surface area contributed by atoms with Crippen LogP contribution in [0.1, 0.15) is 22.8 Å². The Bertz CT molecular complexity index is 938. The molecule has 1 unspecified atom stereocenters. The summed E-state index contributed by atoms with van der Waals surface area (Å²) in [6.07, 6.45) is 0. The molecule has 0 bridgehead atoms. The number of ether oxygens (including phenoxy) is 3. The molecule has 27 heavy (non-hydrogen) atoms. The largest absolute Gasteiger partial charge is 0.497 e. The van der Waals surface area contributed by atoms with E-state index in [9.17, 15) is 14.4 Å². The average Bonchev–Trinajstić information content (AvgIpc) is 2.96. The van der Waals surface area contributed by atoms with Gasteiger partial charge in [0.1, 0.15) is 11.5 Å². The van der Waals surface area contributed by atoms with Crippen molar-refractivity contribution in [3.05, 3.63) is 53.6 Å². The van der Waals surface area contributed by atoms with Crippen LogP contribution in [0.5, 0.6) is 11.5 Å². The summed E-state index contributed by atoms with van der Waals surface area (Å²) in [7, 11) is 4.07. The van der Waals surface area contributed by atoms with Crippen LogP contribution in [0.15, 0.2) is 42.5 Å². The van der Waals surface area contributed by atoms with Crippen LogP contribution in [0.2, 0.25) is 0 Å². The lowest BCUT2D eigenvalue weighted by Crippen LogP contribution is -2.56. The normalized spacial score (nSPS) is 18.1. The van der Waals surface area contributed by atoms with Gasteiger partial charge < -0.3 is 14.2 Å². The van der Waals surface area contributed by atoms with Crippen LogP contribution in [-0.2, 0) is 19.9 Å². The average molecular weight is 369 g/mol. The van der Waals surface area contributed by atoms with Crippen molar-refractivity contribution in [1.29, 1.82) is 0 Å². The molecule has 0 fully saturated rings. The molecule has 2 aromatic rings. The zero-order valence-corrected chi connectivity index (χ0v) is 15.4. The van der Waals surface area contributed by atoms with Crippen molar-refractivity contribution < 1.29 is 28.6 Å². The van der Waals surface area contributed by atoms with Gasteiger partial charge in [-0.15, -0.1) is 0 Å². The second-order valence-electron chi connectivity index (χ2n) is 5.97. The molecule has 0 aromatic heterocycles. The van der Waals surface area contributed by atoms with Crippen LogP contribution in [0.25, 0.3) is 0 Å². The predicted octanol–water partition coefficient (Wildman–Crippen LogP) is 2.32. The molecule has 0 aliphatic carbocycles. The third kappa shape index (κ3) is 2.46. The number of anilines is 1. The molecule has 1 heterocycles. The Morgan fingerprint density at radius 1 is 1.00 bits per heavy atom. The zero-order valence-electron chi connectivity index (χ0n) is 15.4. The lowest BCUT2D eigenvalue weighted by molar-refractivity contribution is -0.146. The fraction of sp³-hybridized carbons (Fsp3) is 0.250. The van der Waals surface area contributed by atoms with E-state index in [0.29, 0.717) is 11.4 Å². The zero-order chi connectivity index (χ0) is 19.8. The molecule has 7 heteroatoms. The SMILES string of the molecule is COC(=O)C1(c2ccc(OC)cc2OC)C(=O)c2ccccc2N1C(C)=O. The van der Waals surface area contributed by atoms with Gasteiger partial charge in [-0.1, -0.05) is 12.1 Å². The highest BCUT2D eigenvalue weighted by molar-refractivity contribution is 6.29. The summed E-state index contributed by atoms with van der Waals surface area (Å²) in [5.74, 6) is -1.19. The van der Waals surface area contributed by atoms with E-state index in [2.05, 4.69) is 0 Å². The van der Waals surface area contributed by atoms with Gasteiger partial charge in [-0.05, 0) is 24.3 Å². The van der Waals surface area contributed by atoms with Gasteiger partial charge in [0.15, 0.2) is 0 Å². The molecule has 1 amide bonds. The van der Waals surface area contributed by atoms with Crippen molar-refractivity contribution in [2.24, 2.45) is 0 Å². The van der Waals surface area contributed by atoms with Crippen LogP contribution in [0, 0.1) is 0 Å². The molecule has 7 nitrogen and oxygen atoms in total. The van der Waals surface area contributed by atoms with E-state index in [1.54, 1.807) is 36.4 Å². The summed E-state index contributed by atoms with van der Waals surface area (Å²) in [5, 5.41) is 0. The Balaban J connectivity index is 2.40. The van der Waals surface area contributed by atoms with Gasteiger partial charge in [-0.2, -0.15) is 0 Å². The first-order valence-corrected chi connectivity index (χ1v) is 8.19. The van der Waals surface area contributed by atoms with E-state index in [4.69, 9.17) is 14.2 Å². The molecule has 2 aromatic carbocycles. The van der Waals surface area contributed by atoms with E-state index in [1.165, 1.54) is 39.2 Å². The third-order valence-corrected chi connectivity index (χ3v) is 4.65. The molecule has 1 aliphatic rings. The van der Waals surface area contributed by atoms with Crippen molar-refractivity contribution >= 4 is 23.3 Å². The van der Waals surface area contributed by atoms with Crippen molar-refractivity contribution in [2.75, 3.05) is 26.2 Å². The molecule has 1 aliphatic heterocycles. The van der Waals surface area contributed by atoms with Crippen LogP contribution in [0.4, 0.5) is 5.69 Å². The minimum Gasteiger partial charge on any atom is -0.497 e. The van der Waals surface area contributed by atoms with Gasteiger partial charge in [-0.25, -0.2) is 4.79 Å². The number of benzene rings is 2. The topological polar surface area (TPSA) is 82.1 Å². The fourth-order valence-corrected chi connectivity index (χ4v) is 3.53. The summed E-state index contributed by atoms with van der Waals surface area (Å²) in [6, 6.07) is 11.2. The molecule has 1 atom stereocenters. The van der Waals surface area contributed by atoms with Gasteiger partial charge in [0.25, 0.3) is 0 Å². The number of Topliss-reactive ketones (excluding diaryl/α,β-unsaturated/α-hetero) is 1. The number of hydrogen-bond acceptors (Lipinski definition) is 6. The van der Waals surface area contributed by atoms with Crippen molar-refractivity contribution in [3.63, 3.8) is 0 Å². The number of ketones is 1. The number of carbonyl (C=O) groups excluding carboxylic acids is 3. The summed E-state index contributed by atoms with van der Waals surface area (Å²) >= 11 is 0. The number of para-hydroxylation sites is 1. The first kappa shape index (κ1) is 18.4. The Hall–Kier alpha value is -3.35. The summed E-state index contributed by atoms with van der Waals surface area (Å²) in [4.78, 5) is 40.3. The first-order chi connectivity index (χ1) is 12.9. The molecule has 0 radical (unpaired) electrons. The Morgan fingerprint density at radius 3 is 2.30 bits per heavy atom. The number of methoxy groups -OCH3 is 3. The van der Waals surface area contributed by atoms with E-state index < -0.39 is 23.2 Å². The number of nitrogens with zero attached hydrogens (tertiary/aromatic N) is 1. The molecule has 140 valence electrons. The maximum Gasteiger partial charge on any atom is 0.345 e. The summed E-state index contributed by atoms with van der Waals surface area (Å²) in [5.41, 5.74) is -1.20. The van der Waals surface area contributed by atoms with E-state index in [0.717, 1.165) is 0 Å². The minimum absolute atomic E-state index is 0.203. The van der Waals surface area contributed by atoms with Crippen LogP contribution in [-0.4, -0.2) is 39.0 Å². The Kier molecular flexibility index (Phi) is 4.61. The van der Waals surface area contributed by atoms with E-state index >= 15 is 0 Å². The van der Waals surface area contributed by atoms with Crippen molar-refractivity contribution in [2.45, 2.75) is 12.5 Å². The maximum absolute atomic E-state index is 13.5. The summed E-state index contributed by atoms with van der Waals surface area (Å²) < 4.78 is 15.6. The lowest BCUT2D eigenvalue weighted by Gasteiger charge is -2.35. The second kappa shape index (κ2) is 6.75. The van der Waals surface area contributed by atoms with E-state index in [1.807, 2.05) is 0 Å². The Labute approximate surface area is 156 Å². The van der Waals surface area contributed by atoms with Gasteiger partial charge >= 0.3 is 5.97 Å². The minimum atomic E-state index is -2.01. The standard InChI is InChI=1S/C20H19NO6/c1-12(22)21-16-8-6-5-7-14(16)18(23)20(21,19(24)27-4)15-10-9-13(25-2)11-17(15)26-3/h5-11H,1-4H3. The number of hydrogen-bond donors (Lipinski definition) is 0. The first-order valence-electron chi connectivity index (χ1n) is 8.19. The predicted molar refractivity (Wildman–Crippen MR) is 97.2 cm³/mol. The number of amides is 1. The van der Waals surface area contributed by atoms with Crippen molar-refractivity contribution in [1.82, 2.24) is 0 Å². The van der Waals surface area contributed by atoms with Crippen molar-refractivity contribution in [3.8, 4) is 11.5 Å². The number of fused-ring (bicyclic) bond motifs is 1. The van der Waals surface area contributed by atoms with Gasteiger partial charge in [0.05, 0.1) is 27.0 Å². The Morgan fingerprint density at radius 2 is 1.70 bits per heavy atom. The molecular weight excluding hydrogens is 350 g/mol. The lowest BCUT2D eigenvalue weighted by atomic mass is 9.83. The van der Waals surface area contributed by atoms with Gasteiger partial charge in [0.2, 0.25) is 17.2 Å². The number of rotatable bonds is 4. The molecule has 0 saturated heterocycles. The summed E-state index contributed by atoms with van der Waals surface area (Å²) in [6.45, 7) is 1.29. The van der Waals surface area contributed by atoms with Gasteiger partial charge in [0, 0.05) is 24.1 Å². The van der Waals surface area contributed by atoms with Crippen LogP contribution >= 0.6 is 0 Å². The molecule has 3 rings (SSSR count). The quantitative estimate of drug-likeness (QED) is 0.608. The van der Waals surface area contributed by atoms with Crippen LogP contribution < -0.4 is 14.4 Å². The number of carbonyl (C=O) groups is 3. The molecule has 0 spiro atoms. The van der Waals surface area contributed by atoms with Gasteiger partial charge in [-0.3, -0.25) is 14.5 Å². The molecule has 0 saturated carbocycles. The molecular formula is C20H19NO6. The highest BCUT2D eigenvalue weighted by Gasteiger charge is 2.62. The maximum atomic E-state index is 13.5. The number of esters is 1. The fourth-order valence-electron chi connectivity index (χ4n) is 3.53. The highest BCUT2D eigenvalue weighted by Crippen LogP contribution is 2.49. The smallest absolute Gasteiger partial charge is 0.345 e. The molecule has 0 N–H and O–H groups in total. The second-order valence-corrected chi connectivity index (χ2v) is 5.97.